The van der Waals surface area contributed by atoms with E-state index in [2.05, 4.69) is 17.2 Å². The van der Waals surface area contributed by atoms with Gasteiger partial charge in [-0.2, -0.15) is 0 Å². The highest BCUT2D eigenvalue weighted by molar-refractivity contribution is 5.95. The van der Waals surface area contributed by atoms with Crippen molar-refractivity contribution in [2.45, 2.75) is 52.0 Å². The lowest BCUT2D eigenvalue weighted by atomic mass is 9.97. The summed E-state index contributed by atoms with van der Waals surface area (Å²) in [4.78, 5) is 16.4. The predicted octanol–water partition coefficient (Wildman–Crippen LogP) is 3.22. The molecule has 21 heavy (non-hydrogen) atoms. The first kappa shape index (κ1) is 15.6. The van der Waals surface area contributed by atoms with Crippen molar-refractivity contribution in [1.29, 1.82) is 0 Å². The highest BCUT2D eigenvalue weighted by Gasteiger charge is 2.23. The van der Waals surface area contributed by atoms with E-state index < -0.39 is 0 Å². The Hall–Kier alpha value is -1.78. The minimum atomic E-state index is -0.374. The van der Waals surface area contributed by atoms with E-state index in [1.807, 2.05) is 0 Å². The number of nitrogens with two attached hydrogens (primary N) is 1. The lowest BCUT2D eigenvalue weighted by Crippen LogP contribution is -2.28. The van der Waals surface area contributed by atoms with Crippen molar-refractivity contribution in [3.8, 4) is 0 Å². The number of hydrogen-bond acceptors (Lipinski definition) is 5. The Morgan fingerprint density at radius 3 is 2.95 bits per heavy atom. The van der Waals surface area contributed by atoms with E-state index in [0.29, 0.717) is 35.6 Å². The van der Waals surface area contributed by atoms with Gasteiger partial charge in [-0.15, -0.1) is 0 Å². The van der Waals surface area contributed by atoms with Crippen molar-refractivity contribution in [2.24, 2.45) is 5.92 Å². The Morgan fingerprint density at radius 1 is 1.43 bits per heavy atom. The first-order valence-electron chi connectivity index (χ1n) is 7.81. The maximum Gasteiger partial charge on any atom is 0.341 e. The molecule has 0 aliphatic heterocycles. The van der Waals surface area contributed by atoms with Crippen LogP contribution in [0.25, 0.3) is 0 Å². The Morgan fingerprint density at radius 2 is 2.19 bits per heavy atom. The first-order valence-corrected chi connectivity index (χ1v) is 7.81. The average Bonchev–Trinajstić information content (AvgIpc) is 2.66. The molecule has 2 unspecified atom stereocenters. The molecule has 3 N–H and O–H groups in total. The van der Waals surface area contributed by atoms with Gasteiger partial charge in [0.1, 0.15) is 11.4 Å². The van der Waals surface area contributed by atoms with E-state index in [1.165, 1.54) is 25.7 Å². The van der Waals surface area contributed by atoms with Gasteiger partial charge in [-0.05, 0) is 31.7 Å². The van der Waals surface area contributed by atoms with Crippen molar-refractivity contribution in [3.05, 3.63) is 17.8 Å². The molecule has 1 aliphatic rings. The second-order valence-electron chi connectivity index (χ2n) is 5.75. The zero-order chi connectivity index (χ0) is 15.2. The predicted molar refractivity (Wildman–Crippen MR) is 84.3 cm³/mol. The molecule has 1 saturated carbocycles. The van der Waals surface area contributed by atoms with Gasteiger partial charge in [0.25, 0.3) is 0 Å². The molecule has 0 radical (unpaired) electrons. The molecule has 2 atom stereocenters. The standard InChI is InChI=1S/C16H25N3O2/c1-3-21-16(20)13-9-12(17)10-18-15(13)19-14-8-6-4-5-7-11(14)2/h9-11,14H,3-8,17H2,1-2H3,(H,18,19). The smallest absolute Gasteiger partial charge is 0.341 e. The number of rotatable bonds is 4. The van der Waals surface area contributed by atoms with Gasteiger partial charge in [0.2, 0.25) is 0 Å². The summed E-state index contributed by atoms with van der Waals surface area (Å²) in [7, 11) is 0. The van der Waals surface area contributed by atoms with E-state index in [-0.39, 0.29) is 5.97 Å². The molecule has 1 aromatic rings. The molecule has 1 fully saturated rings. The van der Waals surface area contributed by atoms with Gasteiger partial charge in [-0.1, -0.05) is 26.2 Å². The van der Waals surface area contributed by atoms with Gasteiger partial charge in [0, 0.05) is 6.04 Å². The summed E-state index contributed by atoms with van der Waals surface area (Å²) in [6, 6.07) is 1.98. The van der Waals surface area contributed by atoms with E-state index in [9.17, 15) is 4.79 Å². The van der Waals surface area contributed by atoms with Crippen LogP contribution in [0.15, 0.2) is 12.3 Å². The van der Waals surface area contributed by atoms with Crippen LogP contribution in [0.4, 0.5) is 11.5 Å². The largest absolute Gasteiger partial charge is 0.462 e. The van der Waals surface area contributed by atoms with E-state index in [0.717, 1.165) is 6.42 Å². The Bertz CT molecular complexity index is 490. The third-order valence-electron chi connectivity index (χ3n) is 4.09. The number of aromatic nitrogens is 1. The van der Waals surface area contributed by atoms with Crippen molar-refractivity contribution in [3.63, 3.8) is 0 Å². The molecule has 116 valence electrons. The average molecular weight is 291 g/mol. The van der Waals surface area contributed by atoms with E-state index in [4.69, 9.17) is 10.5 Å². The van der Waals surface area contributed by atoms with Crippen LogP contribution in [-0.2, 0) is 4.74 Å². The maximum atomic E-state index is 12.1. The second kappa shape index (κ2) is 7.29. The van der Waals surface area contributed by atoms with Gasteiger partial charge in [-0.3, -0.25) is 0 Å². The number of anilines is 2. The summed E-state index contributed by atoms with van der Waals surface area (Å²) < 4.78 is 5.09. The van der Waals surface area contributed by atoms with Gasteiger partial charge in [0.15, 0.2) is 0 Å². The fraction of sp³-hybridized carbons (Fsp3) is 0.625. The van der Waals surface area contributed by atoms with Crippen molar-refractivity contribution in [1.82, 2.24) is 4.98 Å². The number of nitrogens with zero attached hydrogens (tertiary/aromatic N) is 1. The molecule has 2 rings (SSSR count). The number of nitrogen functional groups attached to an aromatic ring is 1. The van der Waals surface area contributed by atoms with E-state index in [1.54, 1.807) is 19.2 Å². The fourth-order valence-electron chi connectivity index (χ4n) is 2.84. The molecule has 5 heteroatoms. The lowest BCUT2D eigenvalue weighted by molar-refractivity contribution is 0.0527. The summed E-state index contributed by atoms with van der Waals surface area (Å²) in [5.74, 6) is 0.782. The Balaban J connectivity index is 2.20. The van der Waals surface area contributed by atoms with Crippen LogP contribution in [-0.4, -0.2) is 23.6 Å². The monoisotopic (exact) mass is 291 g/mol. The van der Waals surface area contributed by atoms with Crippen LogP contribution in [0, 0.1) is 5.92 Å². The molecule has 0 spiro atoms. The molecule has 0 amide bonds. The third-order valence-corrected chi connectivity index (χ3v) is 4.09. The van der Waals surface area contributed by atoms with Crippen molar-refractivity contribution in [2.75, 3.05) is 17.7 Å². The van der Waals surface area contributed by atoms with Gasteiger partial charge in [0.05, 0.1) is 18.5 Å². The highest BCUT2D eigenvalue weighted by Crippen LogP contribution is 2.27. The van der Waals surface area contributed by atoms with Crippen LogP contribution >= 0.6 is 0 Å². The number of pyridine rings is 1. The van der Waals surface area contributed by atoms with Crippen molar-refractivity contribution < 1.29 is 9.53 Å². The Labute approximate surface area is 126 Å². The number of esters is 1. The third kappa shape index (κ3) is 4.09. The molecule has 1 aromatic heterocycles. The van der Waals surface area contributed by atoms with Crippen LogP contribution < -0.4 is 11.1 Å². The molecule has 5 nitrogen and oxygen atoms in total. The van der Waals surface area contributed by atoms with Gasteiger partial charge >= 0.3 is 5.97 Å². The topological polar surface area (TPSA) is 77.2 Å². The number of hydrogen-bond donors (Lipinski definition) is 2. The summed E-state index contributed by atoms with van der Waals surface area (Å²) in [6.07, 6.45) is 7.66. The zero-order valence-electron chi connectivity index (χ0n) is 12.9. The molecular formula is C16H25N3O2. The fourth-order valence-corrected chi connectivity index (χ4v) is 2.84. The summed E-state index contributed by atoms with van der Waals surface area (Å²) in [5, 5.41) is 3.44. The molecule has 0 aromatic carbocycles. The van der Waals surface area contributed by atoms with Crippen LogP contribution in [0.3, 0.4) is 0 Å². The second-order valence-corrected chi connectivity index (χ2v) is 5.75. The SMILES string of the molecule is CCOC(=O)c1cc(N)cnc1NC1CCCCCC1C. The number of carbonyl (C=O) groups excluding carboxylic acids is 1. The molecule has 1 aliphatic carbocycles. The van der Waals surface area contributed by atoms with Gasteiger partial charge < -0.3 is 15.8 Å². The van der Waals surface area contributed by atoms with Crippen LogP contribution in [0.2, 0.25) is 0 Å². The summed E-state index contributed by atoms with van der Waals surface area (Å²) >= 11 is 0. The van der Waals surface area contributed by atoms with E-state index >= 15 is 0 Å². The summed E-state index contributed by atoms with van der Waals surface area (Å²) in [5.41, 5.74) is 6.64. The maximum absolute atomic E-state index is 12.1. The minimum absolute atomic E-state index is 0.340. The highest BCUT2D eigenvalue weighted by atomic mass is 16.5. The van der Waals surface area contributed by atoms with Gasteiger partial charge in [-0.25, -0.2) is 9.78 Å². The Kier molecular flexibility index (Phi) is 5.42. The number of ether oxygens (including phenoxy) is 1. The number of carbonyl (C=O) groups is 1. The molecule has 0 bridgehead atoms. The molecule has 0 saturated heterocycles. The first-order chi connectivity index (χ1) is 10.1. The lowest BCUT2D eigenvalue weighted by Gasteiger charge is -2.24. The van der Waals surface area contributed by atoms with Crippen LogP contribution in [0.1, 0.15) is 56.3 Å². The molecule has 1 heterocycles. The normalized spacial score (nSPS) is 22.4. The number of nitrogens with one attached hydrogen (secondary N) is 1. The minimum Gasteiger partial charge on any atom is -0.462 e. The van der Waals surface area contributed by atoms with Crippen molar-refractivity contribution >= 4 is 17.5 Å². The summed E-state index contributed by atoms with van der Waals surface area (Å²) in [6.45, 7) is 4.38. The van der Waals surface area contributed by atoms with Crippen LogP contribution in [0.5, 0.6) is 0 Å². The zero-order valence-corrected chi connectivity index (χ0v) is 12.9. The molecular weight excluding hydrogens is 266 g/mol. The quantitative estimate of drug-likeness (QED) is 0.658.